The normalized spacial score (nSPS) is 14.1. The third-order valence-corrected chi connectivity index (χ3v) is 8.29. The number of rotatable bonds is 9. The maximum Gasteiger partial charge on any atom is 0.323 e. The Morgan fingerprint density at radius 3 is 2.49 bits per heavy atom. The monoisotopic (exact) mass is 525 g/mol. The van der Waals surface area contributed by atoms with Crippen LogP contribution in [0.1, 0.15) is 49.4 Å². The summed E-state index contributed by atoms with van der Waals surface area (Å²) in [6.45, 7) is 1.74. The number of benzene rings is 2. The fourth-order valence-corrected chi connectivity index (χ4v) is 6.41. The molecule has 1 aliphatic rings. The first-order chi connectivity index (χ1) is 17.6. The minimum atomic E-state index is -4.00. The van der Waals surface area contributed by atoms with Gasteiger partial charge in [-0.25, -0.2) is 13.4 Å². The standard InChI is InChI=1S/C26H31N5O5S/c1-3-36-24(32)16-37(34,35)31(19-6-4-5-7-19)20-12-13-23-21(15-20)29-22(26(33)30(23)2)14-17-8-10-18(11-9-17)25(27)28/h8-13,15,19H,3-7,14,16H2,1-2H3,(H3,27,28). The zero-order valence-electron chi connectivity index (χ0n) is 20.9. The number of hydrogen-bond acceptors (Lipinski definition) is 7. The highest BCUT2D eigenvalue weighted by molar-refractivity contribution is 7.93. The Morgan fingerprint density at radius 2 is 1.86 bits per heavy atom. The number of sulfonamides is 1. The lowest BCUT2D eigenvalue weighted by Crippen LogP contribution is -2.42. The number of fused-ring (bicyclic) bond motifs is 1. The first kappa shape index (κ1) is 26.3. The highest BCUT2D eigenvalue weighted by atomic mass is 32.2. The maximum absolute atomic E-state index is 13.4. The number of nitrogens with two attached hydrogens (primary N) is 1. The van der Waals surface area contributed by atoms with E-state index in [9.17, 15) is 18.0 Å². The van der Waals surface area contributed by atoms with E-state index in [1.807, 2.05) is 0 Å². The van der Waals surface area contributed by atoms with Crippen molar-refractivity contribution in [3.8, 4) is 0 Å². The Bertz CT molecular complexity index is 1490. The summed E-state index contributed by atoms with van der Waals surface area (Å²) in [5, 5.41) is 7.54. The molecule has 3 aromatic rings. The van der Waals surface area contributed by atoms with Gasteiger partial charge in [0.2, 0.25) is 10.0 Å². The van der Waals surface area contributed by atoms with Gasteiger partial charge < -0.3 is 15.0 Å². The van der Waals surface area contributed by atoms with Crippen LogP contribution in [-0.4, -0.2) is 48.2 Å². The lowest BCUT2D eigenvalue weighted by Gasteiger charge is -2.30. The molecule has 0 atom stereocenters. The number of aromatic nitrogens is 2. The van der Waals surface area contributed by atoms with Gasteiger partial charge in [0.1, 0.15) is 11.5 Å². The number of nitrogen functional groups attached to an aromatic ring is 1. The number of ether oxygens (including phenoxy) is 1. The van der Waals surface area contributed by atoms with Crippen LogP contribution in [-0.2, 0) is 33.0 Å². The molecule has 0 spiro atoms. The van der Waals surface area contributed by atoms with E-state index in [2.05, 4.69) is 4.98 Å². The minimum absolute atomic E-state index is 0.0384. The van der Waals surface area contributed by atoms with Gasteiger partial charge in [-0.15, -0.1) is 0 Å². The summed E-state index contributed by atoms with van der Waals surface area (Å²) in [7, 11) is -2.35. The van der Waals surface area contributed by atoms with E-state index in [1.54, 1.807) is 56.4 Å². The van der Waals surface area contributed by atoms with Gasteiger partial charge in [0.15, 0.2) is 5.75 Å². The number of aryl methyl sites for hydroxylation is 1. The first-order valence-electron chi connectivity index (χ1n) is 12.2. The van der Waals surface area contributed by atoms with Crippen molar-refractivity contribution in [1.82, 2.24) is 9.55 Å². The van der Waals surface area contributed by atoms with E-state index in [-0.39, 0.29) is 30.5 Å². The molecule has 1 saturated carbocycles. The number of nitrogens with zero attached hydrogens (tertiary/aromatic N) is 3. The van der Waals surface area contributed by atoms with Crippen molar-refractivity contribution in [2.24, 2.45) is 12.8 Å². The van der Waals surface area contributed by atoms with E-state index in [0.717, 1.165) is 18.4 Å². The fourth-order valence-electron chi connectivity index (χ4n) is 4.79. The second kappa shape index (κ2) is 10.7. The number of carbonyl (C=O) groups is 1. The molecule has 0 unspecified atom stereocenters. The van der Waals surface area contributed by atoms with Gasteiger partial charge in [-0.05, 0) is 43.5 Å². The number of esters is 1. The SMILES string of the molecule is CCOC(=O)CS(=O)(=O)N(c1ccc2c(c1)nc(Cc1ccc(C(=N)N)cc1)c(=O)n2C)C1CCCC1. The average molecular weight is 526 g/mol. The Kier molecular flexibility index (Phi) is 7.63. The topological polar surface area (TPSA) is 148 Å². The molecule has 10 nitrogen and oxygen atoms in total. The highest BCUT2D eigenvalue weighted by Crippen LogP contribution is 2.32. The molecule has 11 heteroatoms. The summed E-state index contributed by atoms with van der Waals surface area (Å²) in [6.07, 6.45) is 3.47. The molecule has 0 saturated heterocycles. The second-order valence-electron chi connectivity index (χ2n) is 9.18. The molecule has 0 radical (unpaired) electrons. The Labute approximate surface area is 215 Å². The molecule has 196 valence electrons. The van der Waals surface area contributed by atoms with Gasteiger partial charge in [0.05, 0.1) is 23.3 Å². The van der Waals surface area contributed by atoms with E-state index >= 15 is 0 Å². The van der Waals surface area contributed by atoms with Crippen molar-refractivity contribution in [2.45, 2.75) is 45.1 Å². The van der Waals surface area contributed by atoms with Gasteiger partial charge in [0.25, 0.3) is 5.56 Å². The summed E-state index contributed by atoms with van der Waals surface area (Å²) in [5.41, 5.74) is 8.45. The van der Waals surface area contributed by atoms with Crippen molar-refractivity contribution in [1.29, 1.82) is 5.41 Å². The molecule has 0 amide bonds. The van der Waals surface area contributed by atoms with Crippen LogP contribution in [0, 0.1) is 5.41 Å². The van der Waals surface area contributed by atoms with Crippen LogP contribution in [0.5, 0.6) is 0 Å². The number of nitrogens with one attached hydrogen (secondary N) is 1. The van der Waals surface area contributed by atoms with Crippen LogP contribution in [0.4, 0.5) is 5.69 Å². The number of anilines is 1. The summed E-state index contributed by atoms with van der Waals surface area (Å²) < 4.78 is 34.5. The third-order valence-electron chi connectivity index (χ3n) is 6.58. The predicted octanol–water partition coefficient (Wildman–Crippen LogP) is 2.45. The van der Waals surface area contributed by atoms with E-state index < -0.39 is 21.7 Å². The number of carbonyl (C=O) groups excluding carboxylic acids is 1. The Morgan fingerprint density at radius 1 is 1.19 bits per heavy atom. The van der Waals surface area contributed by atoms with Crippen molar-refractivity contribution in [3.05, 3.63) is 69.6 Å². The van der Waals surface area contributed by atoms with Crippen molar-refractivity contribution in [3.63, 3.8) is 0 Å². The molecule has 0 bridgehead atoms. The van der Waals surface area contributed by atoms with E-state index in [4.69, 9.17) is 15.9 Å². The van der Waals surface area contributed by atoms with Crippen molar-refractivity contribution >= 4 is 38.5 Å². The van der Waals surface area contributed by atoms with Crippen LogP contribution < -0.4 is 15.6 Å². The Balaban J connectivity index is 1.75. The number of amidine groups is 1. The van der Waals surface area contributed by atoms with Crippen molar-refractivity contribution in [2.75, 3.05) is 16.7 Å². The Hall–Kier alpha value is -3.73. The summed E-state index contributed by atoms with van der Waals surface area (Å²) in [4.78, 5) is 29.7. The molecule has 1 aliphatic carbocycles. The summed E-state index contributed by atoms with van der Waals surface area (Å²) in [5.74, 6) is -1.56. The molecule has 1 aromatic heterocycles. The third kappa shape index (κ3) is 5.66. The summed E-state index contributed by atoms with van der Waals surface area (Å²) >= 11 is 0. The molecule has 2 aromatic carbocycles. The average Bonchev–Trinajstić information content (AvgIpc) is 3.36. The lowest BCUT2D eigenvalue weighted by molar-refractivity contribution is -0.139. The molecular weight excluding hydrogens is 494 g/mol. The molecule has 4 rings (SSSR count). The maximum atomic E-state index is 13.4. The minimum Gasteiger partial charge on any atom is -0.465 e. The predicted molar refractivity (Wildman–Crippen MR) is 142 cm³/mol. The second-order valence-corrected chi connectivity index (χ2v) is 11.0. The first-order valence-corrected chi connectivity index (χ1v) is 13.8. The molecule has 1 fully saturated rings. The summed E-state index contributed by atoms with van der Waals surface area (Å²) in [6, 6.07) is 11.8. The molecule has 1 heterocycles. The van der Waals surface area contributed by atoms with Crippen LogP contribution >= 0.6 is 0 Å². The highest BCUT2D eigenvalue weighted by Gasteiger charge is 2.34. The quantitative estimate of drug-likeness (QED) is 0.248. The van der Waals surface area contributed by atoms with Crippen LogP contribution in [0.15, 0.2) is 47.3 Å². The van der Waals surface area contributed by atoms with Crippen LogP contribution in [0.2, 0.25) is 0 Å². The smallest absolute Gasteiger partial charge is 0.323 e. The van der Waals surface area contributed by atoms with E-state index in [1.165, 1.54) is 8.87 Å². The van der Waals surface area contributed by atoms with Crippen molar-refractivity contribution < 1.29 is 17.9 Å². The van der Waals surface area contributed by atoms with Gasteiger partial charge in [-0.3, -0.25) is 19.3 Å². The fraction of sp³-hybridized carbons (Fsp3) is 0.385. The van der Waals surface area contributed by atoms with Gasteiger partial charge >= 0.3 is 5.97 Å². The zero-order valence-corrected chi connectivity index (χ0v) is 21.8. The van der Waals surface area contributed by atoms with Gasteiger partial charge in [-0.1, -0.05) is 37.1 Å². The molecular formula is C26H31N5O5S. The lowest BCUT2D eigenvalue weighted by atomic mass is 10.1. The van der Waals surface area contributed by atoms with Gasteiger partial charge in [-0.2, -0.15) is 0 Å². The molecule has 37 heavy (non-hydrogen) atoms. The number of hydrogen-bond donors (Lipinski definition) is 2. The van der Waals surface area contributed by atoms with Gasteiger partial charge in [0, 0.05) is 25.1 Å². The van der Waals surface area contributed by atoms with Crippen LogP contribution in [0.3, 0.4) is 0 Å². The zero-order chi connectivity index (χ0) is 26.7. The molecule has 0 aliphatic heterocycles. The van der Waals surface area contributed by atoms with E-state index in [0.29, 0.717) is 40.8 Å². The molecule has 3 N–H and O–H groups in total. The van der Waals surface area contributed by atoms with Crippen LogP contribution in [0.25, 0.3) is 11.0 Å². The largest absolute Gasteiger partial charge is 0.465 e.